The fourth-order valence-corrected chi connectivity index (χ4v) is 4.02. The lowest BCUT2D eigenvalue weighted by Crippen LogP contribution is -2.35. The summed E-state index contributed by atoms with van der Waals surface area (Å²) in [5.41, 5.74) is 5.41. The molecule has 0 unspecified atom stereocenters. The van der Waals surface area contributed by atoms with Gasteiger partial charge in [-0.05, 0) is 57.4 Å². The zero-order valence-corrected chi connectivity index (χ0v) is 17.7. The zero-order chi connectivity index (χ0) is 21.4. The third-order valence-corrected chi connectivity index (χ3v) is 5.49. The number of aromatic nitrogens is 3. The van der Waals surface area contributed by atoms with Crippen molar-refractivity contribution in [2.45, 2.75) is 40.2 Å². The van der Waals surface area contributed by atoms with Crippen molar-refractivity contribution in [3.05, 3.63) is 58.7 Å². The fourth-order valence-electron chi connectivity index (χ4n) is 4.02. The highest BCUT2D eigenvalue weighted by Gasteiger charge is 2.27. The fraction of sp³-hybridized carbons (Fsp3) is 0.348. The van der Waals surface area contributed by atoms with Crippen LogP contribution in [0.5, 0.6) is 0 Å². The van der Waals surface area contributed by atoms with E-state index in [9.17, 15) is 9.59 Å². The lowest BCUT2D eigenvalue weighted by molar-refractivity contribution is 0.0376. The molecule has 0 bridgehead atoms. The summed E-state index contributed by atoms with van der Waals surface area (Å²) in [5, 5.41) is 1.09. The molecule has 4 rings (SSSR count). The lowest BCUT2D eigenvalue weighted by atomic mass is 9.99. The van der Waals surface area contributed by atoms with Crippen molar-refractivity contribution in [3.8, 4) is 0 Å². The molecule has 1 aliphatic rings. The van der Waals surface area contributed by atoms with Gasteiger partial charge in [0.05, 0.1) is 11.7 Å². The normalized spacial score (nSPS) is 14.3. The number of hydrogen-bond donors (Lipinski definition) is 2. The van der Waals surface area contributed by atoms with Crippen LogP contribution in [-0.4, -0.2) is 50.9 Å². The zero-order valence-electron chi connectivity index (χ0n) is 17.7. The van der Waals surface area contributed by atoms with Crippen molar-refractivity contribution in [2.24, 2.45) is 0 Å². The van der Waals surface area contributed by atoms with Crippen LogP contribution in [0.1, 0.15) is 57.9 Å². The predicted octanol–water partition coefficient (Wildman–Crippen LogP) is 4.00. The molecule has 1 amide bonds. The quantitative estimate of drug-likeness (QED) is 0.641. The number of H-pyrrole nitrogens is 2. The number of hydrogen-bond acceptors (Lipinski definition) is 4. The van der Waals surface area contributed by atoms with Crippen LogP contribution in [0.3, 0.4) is 0 Å². The Morgan fingerprint density at radius 1 is 1.27 bits per heavy atom. The van der Waals surface area contributed by atoms with Crippen molar-refractivity contribution in [2.75, 3.05) is 13.1 Å². The molecule has 0 atom stereocenters. The van der Waals surface area contributed by atoms with Crippen molar-refractivity contribution < 1.29 is 14.3 Å². The number of esters is 1. The second-order valence-corrected chi connectivity index (χ2v) is 7.91. The number of amides is 1. The molecule has 0 aliphatic carbocycles. The Balaban J connectivity index is 1.54. The Hall–Kier alpha value is -3.35. The van der Waals surface area contributed by atoms with E-state index < -0.39 is 5.97 Å². The van der Waals surface area contributed by atoms with E-state index in [1.165, 1.54) is 5.57 Å². The molecule has 0 saturated carbocycles. The van der Waals surface area contributed by atoms with Crippen molar-refractivity contribution in [1.82, 2.24) is 19.9 Å². The molecule has 156 valence electrons. The van der Waals surface area contributed by atoms with Gasteiger partial charge in [0, 0.05) is 42.1 Å². The molecule has 0 saturated heterocycles. The summed E-state index contributed by atoms with van der Waals surface area (Å²) in [7, 11) is 0. The van der Waals surface area contributed by atoms with Crippen LogP contribution in [0.4, 0.5) is 0 Å². The largest absolute Gasteiger partial charge is 0.459 e. The van der Waals surface area contributed by atoms with Crippen molar-refractivity contribution >= 4 is 28.5 Å². The monoisotopic (exact) mass is 406 g/mol. The number of ether oxygens (including phenoxy) is 1. The second-order valence-electron chi connectivity index (χ2n) is 7.91. The molecule has 3 aromatic heterocycles. The SMILES string of the molecule is Cc1[nH]c(C(=O)N2CC=C(c3c[nH]c4ncccc34)CC2)c(C)c1C(=O)OC(C)C. The van der Waals surface area contributed by atoms with Gasteiger partial charge in [-0.2, -0.15) is 0 Å². The molecule has 4 heterocycles. The first-order chi connectivity index (χ1) is 14.4. The molecule has 3 aromatic rings. The molecule has 0 spiro atoms. The minimum atomic E-state index is -0.399. The van der Waals surface area contributed by atoms with Crippen molar-refractivity contribution in [1.29, 1.82) is 0 Å². The van der Waals surface area contributed by atoms with E-state index in [0.717, 1.165) is 23.0 Å². The molecular formula is C23H26N4O3. The molecular weight excluding hydrogens is 380 g/mol. The van der Waals surface area contributed by atoms with Crippen LogP contribution in [0, 0.1) is 13.8 Å². The van der Waals surface area contributed by atoms with Gasteiger partial charge in [0.25, 0.3) is 5.91 Å². The van der Waals surface area contributed by atoms with E-state index in [4.69, 9.17) is 4.74 Å². The first-order valence-corrected chi connectivity index (χ1v) is 10.2. The molecule has 7 nitrogen and oxygen atoms in total. The minimum Gasteiger partial charge on any atom is -0.459 e. The summed E-state index contributed by atoms with van der Waals surface area (Å²) < 4.78 is 5.33. The topological polar surface area (TPSA) is 91.1 Å². The maximum absolute atomic E-state index is 13.1. The van der Waals surface area contributed by atoms with Crippen LogP contribution in [0.15, 0.2) is 30.6 Å². The van der Waals surface area contributed by atoms with Gasteiger partial charge in [-0.3, -0.25) is 4.79 Å². The second kappa shape index (κ2) is 7.82. The molecule has 0 aromatic carbocycles. The Morgan fingerprint density at radius 2 is 2.07 bits per heavy atom. The highest BCUT2D eigenvalue weighted by molar-refractivity contribution is 6.01. The average Bonchev–Trinajstić information content (AvgIpc) is 3.27. The minimum absolute atomic E-state index is 0.102. The standard InChI is InChI=1S/C23H26N4O3/c1-13(2)30-23(29)19-14(3)20(26-15(19)4)22(28)27-10-7-16(8-11-27)18-12-25-21-17(18)6-5-9-24-21/h5-7,9,12-13,26H,8,10-11H2,1-4H3,(H,24,25). The number of carbonyl (C=O) groups excluding carboxylic acids is 2. The molecule has 2 N–H and O–H groups in total. The van der Waals surface area contributed by atoms with Gasteiger partial charge >= 0.3 is 5.97 Å². The van der Waals surface area contributed by atoms with E-state index in [-0.39, 0.29) is 12.0 Å². The summed E-state index contributed by atoms with van der Waals surface area (Å²) >= 11 is 0. The number of nitrogens with one attached hydrogen (secondary N) is 2. The number of carbonyl (C=O) groups is 2. The number of pyridine rings is 1. The summed E-state index contributed by atoms with van der Waals surface area (Å²) in [6.07, 6.45) is 6.39. The van der Waals surface area contributed by atoms with Crippen LogP contribution < -0.4 is 0 Å². The van der Waals surface area contributed by atoms with E-state index in [2.05, 4.69) is 27.1 Å². The van der Waals surface area contributed by atoms with Gasteiger partial charge in [-0.1, -0.05) is 6.08 Å². The van der Waals surface area contributed by atoms with E-state index in [0.29, 0.717) is 35.6 Å². The lowest BCUT2D eigenvalue weighted by Gasteiger charge is -2.26. The maximum atomic E-state index is 13.1. The Morgan fingerprint density at radius 3 is 2.77 bits per heavy atom. The summed E-state index contributed by atoms with van der Waals surface area (Å²) in [5.74, 6) is -0.501. The van der Waals surface area contributed by atoms with Gasteiger partial charge in [0.15, 0.2) is 0 Å². The highest BCUT2D eigenvalue weighted by Crippen LogP contribution is 2.29. The first-order valence-electron chi connectivity index (χ1n) is 10.2. The van der Waals surface area contributed by atoms with Gasteiger partial charge in [0.1, 0.15) is 11.3 Å². The summed E-state index contributed by atoms with van der Waals surface area (Å²) in [6, 6.07) is 3.98. The molecule has 1 aliphatic heterocycles. The third-order valence-electron chi connectivity index (χ3n) is 5.49. The van der Waals surface area contributed by atoms with E-state index in [1.54, 1.807) is 24.9 Å². The smallest absolute Gasteiger partial charge is 0.340 e. The Labute approximate surface area is 175 Å². The molecule has 0 radical (unpaired) electrons. The molecule has 0 fully saturated rings. The summed E-state index contributed by atoms with van der Waals surface area (Å²) in [4.78, 5) is 38.0. The number of aryl methyl sites for hydroxylation is 1. The number of fused-ring (bicyclic) bond motifs is 1. The van der Waals surface area contributed by atoms with Crippen LogP contribution in [0.2, 0.25) is 0 Å². The maximum Gasteiger partial charge on any atom is 0.340 e. The van der Waals surface area contributed by atoms with Crippen molar-refractivity contribution in [3.63, 3.8) is 0 Å². The van der Waals surface area contributed by atoms with Crippen LogP contribution in [0.25, 0.3) is 16.6 Å². The average molecular weight is 406 g/mol. The highest BCUT2D eigenvalue weighted by atomic mass is 16.5. The number of aromatic amines is 2. The van der Waals surface area contributed by atoms with Gasteiger partial charge < -0.3 is 19.6 Å². The third kappa shape index (κ3) is 3.51. The van der Waals surface area contributed by atoms with E-state index in [1.807, 2.05) is 26.1 Å². The van der Waals surface area contributed by atoms with Gasteiger partial charge in [-0.25, -0.2) is 9.78 Å². The predicted molar refractivity (Wildman–Crippen MR) is 115 cm³/mol. The molecule has 30 heavy (non-hydrogen) atoms. The summed E-state index contributed by atoms with van der Waals surface area (Å²) in [6.45, 7) is 8.33. The first kappa shape index (κ1) is 19.9. The Kier molecular flexibility index (Phi) is 5.20. The number of rotatable bonds is 4. The Bertz CT molecular complexity index is 1150. The van der Waals surface area contributed by atoms with Crippen LogP contribution >= 0.6 is 0 Å². The number of nitrogens with zero attached hydrogens (tertiary/aromatic N) is 2. The van der Waals surface area contributed by atoms with E-state index >= 15 is 0 Å². The van der Waals surface area contributed by atoms with Crippen LogP contribution in [-0.2, 0) is 4.74 Å². The van der Waals surface area contributed by atoms with Gasteiger partial charge in [0.2, 0.25) is 0 Å². The van der Waals surface area contributed by atoms with Gasteiger partial charge in [-0.15, -0.1) is 0 Å². The molecule has 7 heteroatoms.